The average molecular weight is 376 g/mol. The van der Waals surface area contributed by atoms with Crippen molar-refractivity contribution in [2.45, 2.75) is 39.3 Å². The second-order valence-corrected chi connectivity index (χ2v) is 6.99. The molecule has 0 aliphatic rings. The number of carbonyl (C=O) groups is 2. The lowest BCUT2D eigenvalue weighted by molar-refractivity contribution is -0.137. The van der Waals surface area contributed by atoms with Crippen molar-refractivity contribution in [1.82, 2.24) is 10.2 Å². The van der Waals surface area contributed by atoms with Crippen molar-refractivity contribution in [3.05, 3.63) is 48.6 Å². The van der Waals surface area contributed by atoms with Gasteiger partial charge in [-0.15, -0.1) is 6.58 Å². The van der Waals surface area contributed by atoms with E-state index in [9.17, 15) is 19.8 Å². The zero-order valence-corrected chi connectivity index (χ0v) is 16.3. The van der Waals surface area contributed by atoms with Crippen LogP contribution in [-0.2, 0) is 16.1 Å². The standard InChI is InChI=1S/C21H32N2O4/c1-4-8-18(21(27)22-19(15-25)16(2)3)13-20(26)23(11-12-24)14-17-9-6-5-7-10-17/h4-7,9-10,16,18-19,24-25H,1,8,11-15H2,2-3H3,(H,22,27)/t18-,19-/m1/s1. The van der Waals surface area contributed by atoms with Gasteiger partial charge in [-0.2, -0.15) is 0 Å². The van der Waals surface area contributed by atoms with Crippen LogP contribution in [0.3, 0.4) is 0 Å². The van der Waals surface area contributed by atoms with Crippen molar-refractivity contribution >= 4 is 11.8 Å². The molecule has 0 saturated heterocycles. The van der Waals surface area contributed by atoms with Crippen LogP contribution in [0.25, 0.3) is 0 Å². The van der Waals surface area contributed by atoms with Crippen molar-refractivity contribution in [2.75, 3.05) is 19.8 Å². The van der Waals surface area contributed by atoms with Gasteiger partial charge in [-0.3, -0.25) is 9.59 Å². The predicted molar refractivity (Wildman–Crippen MR) is 106 cm³/mol. The van der Waals surface area contributed by atoms with E-state index in [0.717, 1.165) is 5.56 Å². The summed E-state index contributed by atoms with van der Waals surface area (Å²) < 4.78 is 0. The molecule has 6 heteroatoms. The minimum Gasteiger partial charge on any atom is -0.395 e. The van der Waals surface area contributed by atoms with Crippen LogP contribution in [0.4, 0.5) is 0 Å². The lowest BCUT2D eigenvalue weighted by Gasteiger charge is -2.26. The Morgan fingerprint density at radius 1 is 1.22 bits per heavy atom. The zero-order valence-electron chi connectivity index (χ0n) is 16.3. The predicted octanol–water partition coefficient (Wildman–Crippen LogP) is 1.72. The zero-order chi connectivity index (χ0) is 20.2. The second-order valence-electron chi connectivity index (χ2n) is 6.99. The fourth-order valence-electron chi connectivity index (χ4n) is 2.76. The van der Waals surface area contributed by atoms with Gasteiger partial charge < -0.3 is 20.4 Å². The molecule has 0 saturated carbocycles. The Bertz CT molecular complexity index is 589. The van der Waals surface area contributed by atoms with E-state index in [1.807, 2.05) is 44.2 Å². The molecule has 2 amide bonds. The summed E-state index contributed by atoms with van der Waals surface area (Å²) in [5.74, 6) is -0.928. The number of aliphatic hydroxyl groups excluding tert-OH is 2. The minimum atomic E-state index is -0.556. The van der Waals surface area contributed by atoms with Gasteiger partial charge >= 0.3 is 0 Å². The number of rotatable bonds is 12. The number of hydrogen-bond donors (Lipinski definition) is 3. The summed E-state index contributed by atoms with van der Waals surface area (Å²) in [7, 11) is 0. The van der Waals surface area contributed by atoms with E-state index in [2.05, 4.69) is 11.9 Å². The molecular formula is C21H32N2O4. The maximum atomic E-state index is 12.8. The van der Waals surface area contributed by atoms with Gasteiger partial charge in [-0.1, -0.05) is 50.3 Å². The summed E-state index contributed by atoms with van der Waals surface area (Å²) in [6, 6.07) is 9.17. The number of benzene rings is 1. The summed E-state index contributed by atoms with van der Waals surface area (Å²) in [5.41, 5.74) is 0.962. The molecule has 0 radical (unpaired) electrons. The van der Waals surface area contributed by atoms with Crippen LogP contribution in [0.15, 0.2) is 43.0 Å². The van der Waals surface area contributed by atoms with Gasteiger partial charge in [-0.05, 0) is 17.9 Å². The molecule has 1 aromatic rings. The van der Waals surface area contributed by atoms with Crippen molar-refractivity contribution in [1.29, 1.82) is 0 Å². The summed E-state index contributed by atoms with van der Waals surface area (Å²) >= 11 is 0. The number of carbonyl (C=O) groups excluding carboxylic acids is 2. The van der Waals surface area contributed by atoms with Crippen molar-refractivity contribution in [3.8, 4) is 0 Å². The first kappa shape index (κ1) is 22.9. The molecule has 27 heavy (non-hydrogen) atoms. The first-order valence-corrected chi connectivity index (χ1v) is 9.37. The SMILES string of the molecule is C=CC[C@H](CC(=O)N(CCO)Cc1ccccc1)C(=O)N[C@H](CO)C(C)C. The number of allylic oxidation sites excluding steroid dienone is 1. The van der Waals surface area contributed by atoms with Crippen LogP contribution < -0.4 is 5.32 Å². The highest BCUT2D eigenvalue weighted by Gasteiger charge is 2.26. The van der Waals surface area contributed by atoms with E-state index < -0.39 is 5.92 Å². The monoisotopic (exact) mass is 376 g/mol. The Morgan fingerprint density at radius 2 is 1.89 bits per heavy atom. The van der Waals surface area contributed by atoms with E-state index in [1.54, 1.807) is 11.0 Å². The van der Waals surface area contributed by atoms with Crippen molar-refractivity contribution in [3.63, 3.8) is 0 Å². The molecule has 2 atom stereocenters. The average Bonchev–Trinajstić information content (AvgIpc) is 2.65. The first-order valence-electron chi connectivity index (χ1n) is 9.37. The third-order valence-electron chi connectivity index (χ3n) is 4.51. The Labute approximate surface area is 161 Å². The van der Waals surface area contributed by atoms with E-state index in [0.29, 0.717) is 13.0 Å². The molecular weight excluding hydrogens is 344 g/mol. The fourth-order valence-corrected chi connectivity index (χ4v) is 2.76. The number of amides is 2. The largest absolute Gasteiger partial charge is 0.395 e. The van der Waals surface area contributed by atoms with Crippen LogP contribution >= 0.6 is 0 Å². The quantitative estimate of drug-likeness (QED) is 0.485. The third kappa shape index (κ3) is 7.93. The first-order chi connectivity index (χ1) is 12.9. The van der Waals surface area contributed by atoms with Crippen LogP contribution in [0.1, 0.15) is 32.3 Å². The van der Waals surface area contributed by atoms with Gasteiger partial charge in [-0.25, -0.2) is 0 Å². The highest BCUT2D eigenvalue weighted by atomic mass is 16.3. The molecule has 0 spiro atoms. The number of hydrogen-bond acceptors (Lipinski definition) is 4. The molecule has 0 aliphatic carbocycles. The van der Waals surface area contributed by atoms with Crippen LogP contribution in [0.5, 0.6) is 0 Å². The maximum Gasteiger partial charge on any atom is 0.224 e. The van der Waals surface area contributed by atoms with Gasteiger partial charge in [0.25, 0.3) is 0 Å². The van der Waals surface area contributed by atoms with Crippen LogP contribution in [0.2, 0.25) is 0 Å². The molecule has 3 N–H and O–H groups in total. The lowest BCUT2D eigenvalue weighted by atomic mass is 9.97. The normalized spacial score (nSPS) is 13.1. The van der Waals surface area contributed by atoms with Gasteiger partial charge in [0.1, 0.15) is 0 Å². The molecule has 0 unspecified atom stereocenters. The van der Waals surface area contributed by atoms with Gasteiger partial charge in [0, 0.05) is 19.5 Å². The molecule has 0 aromatic heterocycles. The van der Waals surface area contributed by atoms with E-state index in [4.69, 9.17) is 0 Å². The van der Waals surface area contributed by atoms with Gasteiger partial charge in [0.05, 0.1) is 25.2 Å². The number of aliphatic hydroxyl groups is 2. The van der Waals surface area contributed by atoms with E-state index in [1.165, 1.54) is 0 Å². The Hall–Kier alpha value is -2.18. The Morgan fingerprint density at radius 3 is 2.41 bits per heavy atom. The second kappa shape index (κ2) is 12.3. The third-order valence-corrected chi connectivity index (χ3v) is 4.51. The highest BCUT2D eigenvalue weighted by Crippen LogP contribution is 2.15. The molecule has 0 aliphatic heterocycles. The number of nitrogens with one attached hydrogen (secondary N) is 1. The molecule has 0 heterocycles. The smallest absolute Gasteiger partial charge is 0.224 e. The molecule has 150 valence electrons. The summed E-state index contributed by atoms with van der Waals surface area (Å²) in [6.45, 7) is 7.81. The highest BCUT2D eigenvalue weighted by molar-refractivity contribution is 5.86. The molecule has 1 rings (SSSR count). The summed E-state index contributed by atoms with van der Waals surface area (Å²) in [4.78, 5) is 26.9. The van der Waals surface area contributed by atoms with Crippen molar-refractivity contribution < 1.29 is 19.8 Å². The Balaban J connectivity index is 2.80. The van der Waals surface area contributed by atoms with Crippen LogP contribution in [-0.4, -0.2) is 52.7 Å². The van der Waals surface area contributed by atoms with Crippen LogP contribution in [0, 0.1) is 11.8 Å². The summed E-state index contributed by atoms with van der Waals surface area (Å²) in [6.07, 6.45) is 2.02. The molecule has 6 nitrogen and oxygen atoms in total. The minimum absolute atomic E-state index is 0.0287. The fraction of sp³-hybridized carbons (Fsp3) is 0.524. The van der Waals surface area contributed by atoms with E-state index in [-0.39, 0.29) is 50.0 Å². The summed E-state index contributed by atoms with van der Waals surface area (Å²) in [5, 5.41) is 21.5. The number of nitrogens with zero attached hydrogens (tertiary/aromatic N) is 1. The molecule has 0 bridgehead atoms. The van der Waals surface area contributed by atoms with Crippen molar-refractivity contribution in [2.24, 2.45) is 11.8 Å². The molecule has 1 aromatic carbocycles. The Kier molecular flexibility index (Phi) is 10.4. The van der Waals surface area contributed by atoms with E-state index >= 15 is 0 Å². The molecule has 0 fully saturated rings. The topological polar surface area (TPSA) is 89.9 Å². The van der Waals surface area contributed by atoms with Gasteiger partial charge in [0.2, 0.25) is 11.8 Å². The maximum absolute atomic E-state index is 12.8. The van der Waals surface area contributed by atoms with Gasteiger partial charge in [0.15, 0.2) is 0 Å². The lowest BCUT2D eigenvalue weighted by Crippen LogP contribution is -2.45.